The van der Waals surface area contributed by atoms with Gasteiger partial charge in [0.05, 0.1) is 13.7 Å². The van der Waals surface area contributed by atoms with E-state index >= 15 is 0 Å². The molecule has 0 fully saturated rings. The zero-order valence-electron chi connectivity index (χ0n) is 15.4. The van der Waals surface area contributed by atoms with Crippen LogP contribution in [-0.2, 0) is 14.3 Å². The summed E-state index contributed by atoms with van der Waals surface area (Å²) in [5, 5.41) is 10.3. The first-order chi connectivity index (χ1) is 13.6. The molecular weight excluding hydrogens is 362 g/mol. The van der Waals surface area contributed by atoms with Crippen molar-refractivity contribution >= 4 is 11.9 Å². The number of hydrogen-bond donors (Lipinski definition) is 1. The lowest BCUT2D eigenvalue weighted by Crippen LogP contribution is -2.20. The average molecular weight is 381 g/mol. The summed E-state index contributed by atoms with van der Waals surface area (Å²) in [6, 6.07) is 15.9. The first-order valence-electron chi connectivity index (χ1n) is 8.61. The van der Waals surface area contributed by atoms with Crippen molar-refractivity contribution in [2.24, 2.45) is 0 Å². The van der Waals surface area contributed by atoms with Crippen LogP contribution in [0.5, 0.6) is 5.75 Å². The molecule has 8 nitrogen and oxygen atoms in total. The zero-order valence-corrected chi connectivity index (χ0v) is 15.4. The number of aromatic amines is 1. The standard InChI is InChI=1S/C20H19N3O5/c1-3-27-19(24)17-16(21-23-22-17)13-9-11-15(12-10-13)28-18(20(25)26-2)14-7-5-4-6-8-14/h4-12,18H,3H2,1-2H3,(H,21,22,23). The van der Waals surface area contributed by atoms with E-state index in [-0.39, 0.29) is 12.3 Å². The van der Waals surface area contributed by atoms with Gasteiger partial charge in [0.15, 0.2) is 5.69 Å². The lowest BCUT2D eigenvalue weighted by Gasteiger charge is -2.17. The maximum atomic E-state index is 12.1. The molecule has 0 saturated carbocycles. The van der Waals surface area contributed by atoms with Crippen LogP contribution >= 0.6 is 0 Å². The predicted molar refractivity (Wildman–Crippen MR) is 99.6 cm³/mol. The van der Waals surface area contributed by atoms with Gasteiger partial charge in [-0.25, -0.2) is 9.59 Å². The van der Waals surface area contributed by atoms with Gasteiger partial charge in [0, 0.05) is 11.1 Å². The fraction of sp³-hybridized carbons (Fsp3) is 0.200. The Bertz CT molecular complexity index is 938. The van der Waals surface area contributed by atoms with Gasteiger partial charge in [-0.15, -0.1) is 5.10 Å². The first kappa shape index (κ1) is 19.1. The molecule has 28 heavy (non-hydrogen) atoms. The van der Waals surface area contributed by atoms with E-state index in [0.717, 1.165) is 0 Å². The van der Waals surface area contributed by atoms with Gasteiger partial charge >= 0.3 is 11.9 Å². The summed E-state index contributed by atoms with van der Waals surface area (Å²) >= 11 is 0. The molecule has 1 unspecified atom stereocenters. The number of carbonyl (C=O) groups is 2. The number of benzene rings is 2. The minimum absolute atomic E-state index is 0.104. The summed E-state index contributed by atoms with van der Waals surface area (Å²) in [6.45, 7) is 1.96. The predicted octanol–water partition coefficient (Wildman–Crippen LogP) is 2.94. The van der Waals surface area contributed by atoms with E-state index in [4.69, 9.17) is 14.2 Å². The molecular formula is C20H19N3O5. The maximum absolute atomic E-state index is 12.1. The van der Waals surface area contributed by atoms with Gasteiger partial charge in [0.2, 0.25) is 6.10 Å². The van der Waals surface area contributed by atoms with Crippen molar-refractivity contribution in [2.75, 3.05) is 13.7 Å². The summed E-state index contributed by atoms with van der Waals surface area (Å²) < 4.78 is 15.7. The Morgan fingerprint density at radius 1 is 1.04 bits per heavy atom. The van der Waals surface area contributed by atoms with Crippen molar-refractivity contribution in [1.82, 2.24) is 15.4 Å². The van der Waals surface area contributed by atoms with Crippen molar-refractivity contribution < 1.29 is 23.8 Å². The van der Waals surface area contributed by atoms with E-state index < -0.39 is 18.0 Å². The van der Waals surface area contributed by atoms with Crippen LogP contribution in [0.25, 0.3) is 11.3 Å². The number of aromatic nitrogens is 3. The molecule has 0 aliphatic heterocycles. The molecule has 3 aromatic rings. The molecule has 0 radical (unpaired) electrons. The van der Waals surface area contributed by atoms with E-state index in [2.05, 4.69) is 15.4 Å². The number of H-pyrrole nitrogens is 1. The third kappa shape index (κ3) is 4.17. The molecule has 144 valence electrons. The molecule has 0 bridgehead atoms. The molecule has 2 aromatic carbocycles. The van der Waals surface area contributed by atoms with Gasteiger partial charge in [-0.3, -0.25) is 0 Å². The van der Waals surface area contributed by atoms with Crippen LogP contribution < -0.4 is 4.74 Å². The Balaban J connectivity index is 1.82. The van der Waals surface area contributed by atoms with Gasteiger partial charge in [-0.05, 0) is 31.2 Å². The lowest BCUT2D eigenvalue weighted by atomic mass is 10.1. The Morgan fingerprint density at radius 2 is 1.75 bits per heavy atom. The monoisotopic (exact) mass is 381 g/mol. The number of carbonyl (C=O) groups excluding carboxylic acids is 2. The van der Waals surface area contributed by atoms with E-state index in [0.29, 0.717) is 22.6 Å². The highest BCUT2D eigenvalue weighted by atomic mass is 16.6. The second-order valence-corrected chi connectivity index (χ2v) is 5.70. The van der Waals surface area contributed by atoms with Crippen molar-refractivity contribution in [3.05, 3.63) is 65.9 Å². The Kier molecular flexibility index (Phi) is 6.01. The normalized spacial score (nSPS) is 11.5. The third-order valence-corrected chi connectivity index (χ3v) is 3.92. The Labute approximate surface area is 161 Å². The second kappa shape index (κ2) is 8.81. The molecule has 8 heteroatoms. The van der Waals surface area contributed by atoms with Crippen molar-refractivity contribution in [1.29, 1.82) is 0 Å². The zero-order chi connectivity index (χ0) is 19.9. The van der Waals surface area contributed by atoms with Crippen LogP contribution in [0.3, 0.4) is 0 Å². The van der Waals surface area contributed by atoms with Gasteiger partial charge in [0.25, 0.3) is 0 Å². The van der Waals surface area contributed by atoms with Crippen LogP contribution in [0.2, 0.25) is 0 Å². The first-order valence-corrected chi connectivity index (χ1v) is 8.61. The van der Waals surface area contributed by atoms with Gasteiger partial charge < -0.3 is 14.2 Å². The SMILES string of the molecule is CCOC(=O)c1n[nH]nc1-c1ccc(OC(C(=O)OC)c2ccccc2)cc1. The molecule has 0 aliphatic rings. The summed E-state index contributed by atoms with van der Waals surface area (Å²) in [4.78, 5) is 24.1. The number of esters is 2. The van der Waals surface area contributed by atoms with Gasteiger partial charge in [0.1, 0.15) is 11.4 Å². The van der Waals surface area contributed by atoms with Crippen LogP contribution in [0.15, 0.2) is 54.6 Å². The lowest BCUT2D eigenvalue weighted by molar-refractivity contribution is -0.149. The molecule has 0 spiro atoms. The number of methoxy groups -OCH3 is 1. The molecule has 1 aromatic heterocycles. The number of ether oxygens (including phenoxy) is 3. The number of nitrogens with one attached hydrogen (secondary N) is 1. The topological polar surface area (TPSA) is 103 Å². The Hall–Kier alpha value is -3.68. The minimum Gasteiger partial charge on any atom is -0.474 e. The highest BCUT2D eigenvalue weighted by Crippen LogP contribution is 2.27. The number of rotatable bonds is 7. The number of hydrogen-bond acceptors (Lipinski definition) is 7. The second-order valence-electron chi connectivity index (χ2n) is 5.70. The average Bonchev–Trinajstić information content (AvgIpc) is 3.23. The molecule has 1 N–H and O–H groups in total. The highest BCUT2D eigenvalue weighted by molar-refractivity contribution is 5.93. The van der Waals surface area contributed by atoms with Gasteiger partial charge in [-0.2, -0.15) is 10.3 Å². The minimum atomic E-state index is -0.890. The van der Waals surface area contributed by atoms with Crippen LogP contribution in [0.1, 0.15) is 29.1 Å². The van der Waals surface area contributed by atoms with Crippen molar-refractivity contribution in [3.8, 4) is 17.0 Å². The fourth-order valence-electron chi connectivity index (χ4n) is 2.59. The molecule has 3 rings (SSSR count). The van der Waals surface area contributed by atoms with Crippen LogP contribution in [0, 0.1) is 0 Å². The summed E-state index contributed by atoms with van der Waals surface area (Å²) in [5.74, 6) is -0.595. The van der Waals surface area contributed by atoms with Crippen LogP contribution in [0.4, 0.5) is 0 Å². The van der Waals surface area contributed by atoms with E-state index in [1.54, 1.807) is 43.3 Å². The summed E-state index contributed by atoms with van der Waals surface area (Å²) in [7, 11) is 1.31. The molecule has 0 aliphatic carbocycles. The molecule has 1 heterocycles. The van der Waals surface area contributed by atoms with Crippen molar-refractivity contribution in [2.45, 2.75) is 13.0 Å². The fourth-order valence-corrected chi connectivity index (χ4v) is 2.59. The van der Waals surface area contributed by atoms with Crippen molar-refractivity contribution in [3.63, 3.8) is 0 Å². The van der Waals surface area contributed by atoms with E-state index in [1.807, 2.05) is 18.2 Å². The highest BCUT2D eigenvalue weighted by Gasteiger charge is 2.24. The van der Waals surface area contributed by atoms with Crippen LogP contribution in [-0.4, -0.2) is 41.1 Å². The van der Waals surface area contributed by atoms with Gasteiger partial charge in [-0.1, -0.05) is 30.3 Å². The molecule has 0 saturated heterocycles. The Morgan fingerprint density at radius 3 is 2.39 bits per heavy atom. The number of nitrogens with zero attached hydrogens (tertiary/aromatic N) is 2. The third-order valence-electron chi connectivity index (χ3n) is 3.92. The quantitative estimate of drug-likeness (QED) is 0.628. The van der Waals surface area contributed by atoms with E-state index in [1.165, 1.54) is 7.11 Å². The molecule has 0 amide bonds. The summed E-state index contributed by atoms with van der Waals surface area (Å²) in [6.07, 6.45) is -0.890. The summed E-state index contributed by atoms with van der Waals surface area (Å²) in [5.41, 5.74) is 1.81. The van der Waals surface area contributed by atoms with E-state index in [9.17, 15) is 9.59 Å². The maximum Gasteiger partial charge on any atom is 0.361 e. The smallest absolute Gasteiger partial charge is 0.361 e. The largest absolute Gasteiger partial charge is 0.474 e. The molecule has 1 atom stereocenters.